The minimum Gasteiger partial charge on any atom is -0.458 e. The minimum atomic E-state index is -0.592. The Morgan fingerprint density at radius 3 is 2.20 bits per heavy atom. The summed E-state index contributed by atoms with van der Waals surface area (Å²) in [6.45, 7) is 15.6. The number of ether oxygens (including phenoxy) is 5. The fourth-order valence-electron chi connectivity index (χ4n) is 5.78. The highest BCUT2D eigenvalue weighted by molar-refractivity contribution is 5.77. The van der Waals surface area contributed by atoms with E-state index in [0.717, 1.165) is 25.7 Å². The minimum absolute atomic E-state index is 0.132. The Morgan fingerprint density at radius 2 is 1.63 bits per heavy atom. The van der Waals surface area contributed by atoms with E-state index in [1.807, 2.05) is 13.8 Å². The van der Waals surface area contributed by atoms with E-state index in [-0.39, 0.29) is 36.5 Å². The average molecular weight is 427 g/mol. The Kier molecular flexibility index (Phi) is 6.41. The first-order chi connectivity index (χ1) is 13.8. The molecule has 3 fully saturated rings. The molecule has 3 saturated carbocycles. The number of rotatable bonds is 10. The molecule has 0 saturated heterocycles. The molecule has 0 bridgehead atoms. The zero-order valence-corrected chi connectivity index (χ0v) is 20.3. The van der Waals surface area contributed by atoms with Crippen molar-refractivity contribution < 1.29 is 28.5 Å². The van der Waals surface area contributed by atoms with Gasteiger partial charge in [0.25, 0.3) is 0 Å². The molecule has 30 heavy (non-hydrogen) atoms. The van der Waals surface area contributed by atoms with Crippen molar-refractivity contribution in [3.63, 3.8) is 0 Å². The van der Waals surface area contributed by atoms with Crippen molar-refractivity contribution in [1.82, 2.24) is 0 Å². The van der Waals surface area contributed by atoms with E-state index >= 15 is 0 Å². The van der Waals surface area contributed by atoms with Crippen LogP contribution in [0.2, 0.25) is 0 Å². The van der Waals surface area contributed by atoms with Gasteiger partial charge in [0, 0.05) is 32.5 Å². The number of carbonyl (C=O) groups excluding carboxylic acids is 1. The Hall–Kier alpha value is -0.690. The molecule has 3 aliphatic rings. The molecule has 0 aromatic heterocycles. The third-order valence-corrected chi connectivity index (χ3v) is 8.15. The lowest BCUT2D eigenvalue weighted by Gasteiger charge is -2.74. The van der Waals surface area contributed by atoms with E-state index < -0.39 is 16.6 Å². The zero-order chi connectivity index (χ0) is 22.4. The summed E-state index contributed by atoms with van der Waals surface area (Å²) in [6, 6.07) is 0. The van der Waals surface area contributed by atoms with Gasteiger partial charge in [-0.05, 0) is 51.4 Å². The van der Waals surface area contributed by atoms with E-state index in [4.69, 9.17) is 23.7 Å². The molecule has 6 nitrogen and oxygen atoms in total. The van der Waals surface area contributed by atoms with Gasteiger partial charge in [0.05, 0.1) is 16.6 Å². The smallest absolute Gasteiger partial charge is 0.312 e. The van der Waals surface area contributed by atoms with Gasteiger partial charge in [-0.15, -0.1) is 0 Å². The van der Waals surface area contributed by atoms with Gasteiger partial charge in [0.2, 0.25) is 0 Å². The molecule has 3 aliphatic carbocycles. The first-order valence-corrected chi connectivity index (χ1v) is 11.4. The van der Waals surface area contributed by atoms with Crippen molar-refractivity contribution in [3.8, 4) is 0 Å². The number of hydrogen-bond donors (Lipinski definition) is 0. The fourth-order valence-corrected chi connectivity index (χ4v) is 5.78. The molecule has 0 amide bonds. The van der Waals surface area contributed by atoms with Crippen molar-refractivity contribution in [3.05, 3.63) is 0 Å². The van der Waals surface area contributed by atoms with Crippen LogP contribution in [0.15, 0.2) is 0 Å². The molecule has 6 heteroatoms. The van der Waals surface area contributed by atoms with E-state index in [1.165, 1.54) is 0 Å². The van der Waals surface area contributed by atoms with E-state index in [9.17, 15) is 4.79 Å². The van der Waals surface area contributed by atoms with E-state index in [0.29, 0.717) is 18.9 Å². The molecule has 0 heterocycles. The third kappa shape index (κ3) is 3.94. The Morgan fingerprint density at radius 1 is 1.00 bits per heavy atom. The maximum atomic E-state index is 13.4. The molecular weight excluding hydrogens is 384 g/mol. The van der Waals surface area contributed by atoms with Crippen LogP contribution in [-0.4, -0.2) is 50.1 Å². The third-order valence-electron chi connectivity index (χ3n) is 8.15. The first-order valence-electron chi connectivity index (χ1n) is 11.4. The summed E-state index contributed by atoms with van der Waals surface area (Å²) in [6.07, 6.45) is 4.26. The standard InChI is InChI=1S/C24H42O6/c1-9-10-27-16-28-22(7)13-23(29-15-26-8)11-17-12-24(14-22,18(17)23)30-19(25)21(5,6)20(2,3)4/h17-18H,9-16H2,1-8H3. The van der Waals surface area contributed by atoms with Crippen LogP contribution in [0, 0.1) is 22.7 Å². The lowest BCUT2D eigenvalue weighted by Crippen LogP contribution is -2.80. The molecule has 0 radical (unpaired) electrons. The Labute approximate surface area is 182 Å². The molecular formula is C24H42O6. The van der Waals surface area contributed by atoms with Crippen LogP contribution >= 0.6 is 0 Å². The average Bonchev–Trinajstić information content (AvgIpc) is 2.59. The van der Waals surface area contributed by atoms with Crippen LogP contribution < -0.4 is 0 Å². The maximum absolute atomic E-state index is 13.4. The van der Waals surface area contributed by atoms with Gasteiger partial charge in [-0.25, -0.2) is 0 Å². The van der Waals surface area contributed by atoms with Crippen molar-refractivity contribution in [2.45, 2.75) is 97.4 Å². The topological polar surface area (TPSA) is 63.2 Å². The van der Waals surface area contributed by atoms with Crippen LogP contribution in [-0.2, 0) is 28.5 Å². The van der Waals surface area contributed by atoms with Crippen LogP contribution in [0.5, 0.6) is 0 Å². The van der Waals surface area contributed by atoms with Gasteiger partial charge >= 0.3 is 5.97 Å². The molecule has 0 aromatic carbocycles. The molecule has 0 aromatic rings. The van der Waals surface area contributed by atoms with Gasteiger partial charge in [0.15, 0.2) is 0 Å². The SMILES string of the molecule is CCCOCOC1(C)CC2(OCOC)CC3CC(OC(=O)C(C)(C)C(C)(C)C)(C1)C32. The summed E-state index contributed by atoms with van der Waals surface area (Å²) in [5.74, 6) is 0.633. The molecule has 0 aliphatic heterocycles. The highest BCUT2D eigenvalue weighted by atomic mass is 16.7. The lowest BCUT2D eigenvalue weighted by atomic mass is 9.37. The second-order valence-corrected chi connectivity index (χ2v) is 11.6. The largest absolute Gasteiger partial charge is 0.458 e. The summed E-state index contributed by atoms with van der Waals surface area (Å²) in [5.41, 5.74) is -2.16. The lowest BCUT2D eigenvalue weighted by molar-refractivity contribution is -0.376. The summed E-state index contributed by atoms with van der Waals surface area (Å²) < 4.78 is 29.8. The highest BCUT2D eigenvalue weighted by Gasteiger charge is 2.78. The van der Waals surface area contributed by atoms with Gasteiger partial charge < -0.3 is 23.7 Å². The summed E-state index contributed by atoms with van der Waals surface area (Å²) in [7, 11) is 1.64. The van der Waals surface area contributed by atoms with Crippen LogP contribution in [0.1, 0.15) is 80.6 Å². The quantitative estimate of drug-likeness (QED) is 0.287. The number of esters is 1. The summed E-state index contributed by atoms with van der Waals surface area (Å²) >= 11 is 0. The van der Waals surface area contributed by atoms with Crippen molar-refractivity contribution >= 4 is 5.97 Å². The summed E-state index contributed by atoms with van der Waals surface area (Å²) in [5, 5.41) is 0. The molecule has 5 unspecified atom stereocenters. The number of hydrogen-bond acceptors (Lipinski definition) is 6. The molecule has 0 spiro atoms. The van der Waals surface area contributed by atoms with Gasteiger partial charge in [0.1, 0.15) is 19.2 Å². The second kappa shape index (κ2) is 8.02. The Bertz CT molecular complexity index is 640. The molecule has 5 atom stereocenters. The predicted molar refractivity (Wildman–Crippen MR) is 114 cm³/mol. The van der Waals surface area contributed by atoms with Crippen molar-refractivity contribution in [1.29, 1.82) is 0 Å². The zero-order valence-electron chi connectivity index (χ0n) is 20.3. The van der Waals surface area contributed by atoms with Gasteiger partial charge in [-0.3, -0.25) is 4.79 Å². The predicted octanol–water partition coefficient (Wildman–Crippen LogP) is 4.69. The first kappa shape index (κ1) is 24.0. The number of methoxy groups -OCH3 is 1. The molecule has 0 N–H and O–H groups in total. The highest BCUT2D eigenvalue weighted by Crippen LogP contribution is 2.72. The fraction of sp³-hybridized carbons (Fsp3) is 0.958. The van der Waals surface area contributed by atoms with Crippen molar-refractivity contribution in [2.24, 2.45) is 22.7 Å². The molecule has 3 rings (SSSR count). The van der Waals surface area contributed by atoms with Gasteiger partial charge in [-0.1, -0.05) is 27.7 Å². The van der Waals surface area contributed by atoms with Gasteiger partial charge in [-0.2, -0.15) is 0 Å². The van der Waals surface area contributed by atoms with Crippen LogP contribution in [0.4, 0.5) is 0 Å². The van der Waals surface area contributed by atoms with Crippen LogP contribution in [0.3, 0.4) is 0 Å². The Balaban J connectivity index is 1.83. The monoisotopic (exact) mass is 426 g/mol. The number of carbonyl (C=O) groups is 1. The summed E-state index contributed by atoms with van der Waals surface area (Å²) in [4.78, 5) is 13.4. The maximum Gasteiger partial charge on any atom is 0.312 e. The second-order valence-electron chi connectivity index (χ2n) is 11.6. The van der Waals surface area contributed by atoms with Crippen LogP contribution in [0.25, 0.3) is 0 Å². The van der Waals surface area contributed by atoms with E-state index in [2.05, 4.69) is 34.6 Å². The van der Waals surface area contributed by atoms with Crippen molar-refractivity contribution in [2.75, 3.05) is 27.3 Å². The van der Waals surface area contributed by atoms with E-state index in [1.54, 1.807) is 7.11 Å². The normalized spacial score (nSPS) is 37.7. The molecule has 174 valence electrons.